The normalized spacial score (nSPS) is 14.7. The first-order valence-corrected chi connectivity index (χ1v) is 15.8. The molecule has 0 aliphatic carbocycles. The Bertz CT molecular complexity index is 1770. The second-order valence-corrected chi connectivity index (χ2v) is 13.9. The van der Waals surface area contributed by atoms with Crippen LogP contribution in [-0.4, -0.2) is 61.6 Å². The number of benzene rings is 3. The molecule has 7 nitrogen and oxygen atoms in total. The molecule has 6 rings (SSSR count). The standard InChI is InChI=1S/C30H29ClN4O2S.C4H10O/c1-17-14-24-29(27(22(17)16-26(36)37)18-4-7-21(31)8-5-18)38-30(32-24)20-6-9-25-23(15-20)28(33-35(25)3)19-10-12-34(2)13-11-19;1-4(2,3)5/h4-9,14-15,19H,10-13,16H2,1-3H3,(H,36,37);5H,1-3H3. The van der Waals surface area contributed by atoms with Gasteiger partial charge in [-0.15, -0.1) is 11.3 Å². The van der Waals surface area contributed by atoms with Crippen LogP contribution in [0.15, 0.2) is 48.5 Å². The van der Waals surface area contributed by atoms with Crippen LogP contribution in [0.3, 0.4) is 0 Å². The molecule has 0 unspecified atom stereocenters. The van der Waals surface area contributed by atoms with Gasteiger partial charge in [0.15, 0.2) is 0 Å². The molecule has 0 saturated carbocycles. The second-order valence-electron chi connectivity index (χ2n) is 12.5. The van der Waals surface area contributed by atoms with Crippen molar-refractivity contribution in [1.82, 2.24) is 19.7 Å². The van der Waals surface area contributed by atoms with Gasteiger partial charge in [-0.1, -0.05) is 23.7 Å². The van der Waals surface area contributed by atoms with E-state index in [9.17, 15) is 9.90 Å². The number of thiazole rings is 1. The Balaban J connectivity index is 0.000000682. The number of aryl methyl sites for hydroxylation is 2. The number of carboxylic acids is 1. The summed E-state index contributed by atoms with van der Waals surface area (Å²) in [4.78, 5) is 19.2. The maximum Gasteiger partial charge on any atom is 0.307 e. The van der Waals surface area contributed by atoms with Crippen LogP contribution in [-0.2, 0) is 18.3 Å². The topological polar surface area (TPSA) is 91.5 Å². The first-order valence-electron chi connectivity index (χ1n) is 14.6. The van der Waals surface area contributed by atoms with Gasteiger partial charge in [-0.25, -0.2) is 4.98 Å². The van der Waals surface area contributed by atoms with E-state index in [0.29, 0.717) is 10.9 Å². The highest BCUT2D eigenvalue weighted by Gasteiger charge is 2.24. The van der Waals surface area contributed by atoms with Crippen molar-refractivity contribution in [2.75, 3.05) is 20.1 Å². The van der Waals surface area contributed by atoms with Gasteiger partial charge in [-0.3, -0.25) is 9.48 Å². The second kappa shape index (κ2) is 12.4. The Hall–Kier alpha value is -3.30. The van der Waals surface area contributed by atoms with Gasteiger partial charge in [0.1, 0.15) is 5.01 Å². The molecule has 3 aromatic carbocycles. The number of likely N-dealkylation sites (tertiary alicyclic amines) is 1. The van der Waals surface area contributed by atoms with Crippen molar-refractivity contribution in [3.05, 3.63) is 70.4 Å². The Labute approximate surface area is 261 Å². The highest BCUT2D eigenvalue weighted by atomic mass is 35.5. The lowest BCUT2D eigenvalue weighted by Crippen LogP contribution is -2.29. The van der Waals surface area contributed by atoms with Gasteiger partial charge < -0.3 is 15.1 Å². The summed E-state index contributed by atoms with van der Waals surface area (Å²) in [7, 11) is 4.20. The lowest BCUT2D eigenvalue weighted by molar-refractivity contribution is -0.136. The number of halogens is 1. The van der Waals surface area contributed by atoms with Gasteiger partial charge in [0.2, 0.25) is 0 Å². The van der Waals surface area contributed by atoms with Crippen LogP contribution < -0.4 is 0 Å². The van der Waals surface area contributed by atoms with Crippen LogP contribution in [0.4, 0.5) is 0 Å². The molecule has 43 heavy (non-hydrogen) atoms. The van der Waals surface area contributed by atoms with Gasteiger partial charge in [0.05, 0.1) is 33.4 Å². The third-order valence-electron chi connectivity index (χ3n) is 7.70. The first kappa shape index (κ1) is 31.1. The molecular formula is C34H39ClN4O3S. The largest absolute Gasteiger partial charge is 0.481 e. The van der Waals surface area contributed by atoms with E-state index in [-0.39, 0.29) is 6.42 Å². The molecule has 1 aliphatic rings. The maximum atomic E-state index is 11.8. The van der Waals surface area contributed by atoms with Crippen molar-refractivity contribution in [1.29, 1.82) is 0 Å². The van der Waals surface area contributed by atoms with E-state index in [0.717, 1.165) is 74.5 Å². The quantitative estimate of drug-likeness (QED) is 0.210. The molecular weight excluding hydrogens is 580 g/mol. The summed E-state index contributed by atoms with van der Waals surface area (Å²) < 4.78 is 2.98. The zero-order valence-electron chi connectivity index (χ0n) is 25.6. The molecule has 2 N–H and O–H groups in total. The Kier molecular flexibility index (Phi) is 8.95. The number of aromatic nitrogens is 3. The van der Waals surface area contributed by atoms with Crippen molar-refractivity contribution < 1.29 is 15.0 Å². The predicted octanol–water partition coefficient (Wildman–Crippen LogP) is 7.69. The van der Waals surface area contributed by atoms with E-state index in [1.807, 2.05) is 49.0 Å². The average Bonchev–Trinajstić information content (AvgIpc) is 3.49. The fraction of sp³-hybridized carbons (Fsp3) is 0.382. The minimum Gasteiger partial charge on any atom is -0.481 e. The molecule has 1 fully saturated rings. The van der Waals surface area contributed by atoms with Crippen molar-refractivity contribution in [2.45, 2.75) is 58.5 Å². The fourth-order valence-electron chi connectivity index (χ4n) is 5.67. The smallest absolute Gasteiger partial charge is 0.307 e. The monoisotopic (exact) mass is 618 g/mol. The Morgan fingerprint density at radius 2 is 1.67 bits per heavy atom. The number of nitrogens with zero attached hydrogens (tertiary/aromatic N) is 4. The number of carboxylic acid groups (broad SMARTS) is 1. The third kappa shape index (κ3) is 7.10. The molecule has 226 valence electrons. The van der Waals surface area contributed by atoms with E-state index in [2.05, 4.69) is 30.1 Å². The lowest BCUT2D eigenvalue weighted by atomic mass is 9.91. The van der Waals surface area contributed by atoms with Crippen LogP contribution in [0, 0.1) is 6.92 Å². The highest BCUT2D eigenvalue weighted by molar-refractivity contribution is 7.22. The molecule has 3 heterocycles. The maximum absolute atomic E-state index is 11.8. The molecule has 9 heteroatoms. The van der Waals surface area contributed by atoms with Crippen molar-refractivity contribution in [3.8, 4) is 21.7 Å². The van der Waals surface area contributed by atoms with E-state index in [1.54, 1.807) is 32.1 Å². The summed E-state index contributed by atoms with van der Waals surface area (Å²) in [6.45, 7) is 9.37. The molecule has 1 saturated heterocycles. The first-order chi connectivity index (χ1) is 20.3. The number of fused-ring (bicyclic) bond motifs is 2. The van der Waals surface area contributed by atoms with Gasteiger partial charge in [0, 0.05) is 34.5 Å². The molecule has 2 aromatic heterocycles. The van der Waals surface area contributed by atoms with E-state index in [1.165, 1.54) is 11.1 Å². The van der Waals surface area contributed by atoms with Gasteiger partial charge >= 0.3 is 5.97 Å². The van der Waals surface area contributed by atoms with Crippen LogP contribution in [0.2, 0.25) is 5.02 Å². The summed E-state index contributed by atoms with van der Waals surface area (Å²) >= 11 is 7.78. The zero-order chi connectivity index (χ0) is 31.1. The van der Waals surface area contributed by atoms with Gasteiger partial charge in [-0.2, -0.15) is 5.10 Å². The van der Waals surface area contributed by atoms with Gasteiger partial charge in [0.25, 0.3) is 0 Å². The molecule has 1 aliphatic heterocycles. The summed E-state index contributed by atoms with van der Waals surface area (Å²) in [5.74, 6) is -0.394. The summed E-state index contributed by atoms with van der Waals surface area (Å²) in [6, 6.07) is 16.1. The van der Waals surface area contributed by atoms with Crippen LogP contribution in [0.1, 0.15) is 56.4 Å². The third-order valence-corrected chi connectivity index (χ3v) is 9.09. The molecule has 5 aromatic rings. The van der Waals surface area contributed by atoms with Crippen molar-refractivity contribution in [2.24, 2.45) is 7.05 Å². The molecule has 0 amide bonds. The molecule has 0 spiro atoms. The number of aliphatic carboxylic acids is 1. The zero-order valence-corrected chi connectivity index (χ0v) is 27.2. The minimum absolute atomic E-state index is 0.0471. The van der Waals surface area contributed by atoms with Gasteiger partial charge in [-0.05, 0) is 114 Å². The van der Waals surface area contributed by atoms with E-state index >= 15 is 0 Å². The Morgan fingerprint density at radius 1 is 1.05 bits per heavy atom. The SMILES string of the molecule is CC(C)(C)O.Cc1cc2nc(-c3ccc4c(c3)c(C3CCN(C)CC3)nn4C)sc2c(-c2ccc(Cl)cc2)c1CC(=O)O. The number of carbonyl (C=O) groups is 1. The summed E-state index contributed by atoms with van der Waals surface area (Å²) in [5, 5.41) is 25.9. The van der Waals surface area contributed by atoms with Crippen LogP contribution in [0.25, 0.3) is 42.8 Å². The average molecular weight is 619 g/mol. The minimum atomic E-state index is -0.851. The van der Waals surface area contributed by atoms with Crippen molar-refractivity contribution >= 4 is 50.0 Å². The fourth-order valence-corrected chi connectivity index (χ4v) is 6.93. The predicted molar refractivity (Wildman–Crippen MR) is 177 cm³/mol. The number of aliphatic hydroxyl groups is 1. The highest BCUT2D eigenvalue weighted by Crippen LogP contribution is 2.42. The van der Waals surface area contributed by atoms with E-state index < -0.39 is 11.6 Å². The van der Waals surface area contributed by atoms with E-state index in [4.69, 9.17) is 26.8 Å². The van der Waals surface area contributed by atoms with Crippen LogP contribution >= 0.6 is 22.9 Å². The summed E-state index contributed by atoms with van der Waals surface area (Å²) in [6.07, 6.45) is 2.18. The number of hydrogen-bond acceptors (Lipinski definition) is 6. The van der Waals surface area contributed by atoms with Crippen LogP contribution in [0.5, 0.6) is 0 Å². The number of hydrogen-bond donors (Lipinski definition) is 2. The number of piperidine rings is 1. The number of rotatable bonds is 5. The summed E-state index contributed by atoms with van der Waals surface area (Å²) in [5.41, 5.74) is 7.36. The molecule has 0 bridgehead atoms. The molecule has 0 radical (unpaired) electrons. The Morgan fingerprint density at radius 3 is 2.30 bits per heavy atom. The lowest BCUT2D eigenvalue weighted by Gasteiger charge is -2.28. The molecule has 0 atom stereocenters. The van der Waals surface area contributed by atoms with Crippen molar-refractivity contribution in [3.63, 3.8) is 0 Å².